The maximum Gasteiger partial charge on any atom is 0.239 e. The molecule has 1 heterocycles. The summed E-state index contributed by atoms with van der Waals surface area (Å²) in [4.78, 5) is 11.8. The third kappa shape index (κ3) is 4.81. The zero-order valence-corrected chi connectivity index (χ0v) is 13.3. The third-order valence-corrected chi connectivity index (χ3v) is 3.94. The Kier molecular flexibility index (Phi) is 5.72. The van der Waals surface area contributed by atoms with Gasteiger partial charge < -0.3 is 15.4 Å². The zero-order chi connectivity index (χ0) is 13.7. The molecule has 0 aliphatic carbocycles. The van der Waals surface area contributed by atoms with E-state index in [0.717, 1.165) is 35.3 Å². The predicted molar refractivity (Wildman–Crippen MR) is 84.6 cm³/mol. The normalized spacial score (nSPS) is 16.1. The van der Waals surface area contributed by atoms with Crippen LogP contribution >= 0.6 is 34.2 Å². The lowest BCUT2D eigenvalue weighted by Gasteiger charge is -2.23. The molecule has 0 aromatic heterocycles. The van der Waals surface area contributed by atoms with Gasteiger partial charge in [0.1, 0.15) is 0 Å². The monoisotopic (exact) mass is 394 g/mol. The summed E-state index contributed by atoms with van der Waals surface area (Å²) in [5, 5.41) is 6.68. The van der Waals surface area contributed by atoms with Gasteiger partial charge in [0.25, 0.3) is 0 Å². The molecule has 4 nitrogen and oxygen atoms in total. The SMILES string of the molecule is O=C(CNc1ccc(I)cc1Cl)NC1CCOCC1. The van der Waals surface area contributed by atoms with E-state index in [0.29, 0.717) is 5.02 Å². The van der Waals surface area contributed by atoms with Crippen LogP contribution in [0.2, 0.25) is 5.02 Å². The van der Waals surface area contributed by atoms with Gasteiger partial charge in [-0.05, 0) is 53.6 Å². The lowest BCUT2D eigenvalue weighted by Crippen LogP contribution is -2.41. The number of carbonyl (C=O) groups excluding carboxylic acids is 1. The van der Waals surface area contributed by atoms with E-state index in [9.17, 15) is 4.79 Å². The summed E-state index contributed by atoms with van der Waals surface area (Å²) in [7, 11) is 0. The molecular weight excluding hydrogens is 379 g/mol. The van der Waals surface area contributed by atoms with Gasteiger partial charge in [0.15, 0.2) is 0 Å². The predicted octanol–water partition coefficient (Wildman–Crippen LogP) is 2.65. The lowest BCUT2D eigenvalue weighted by molar-refractivity contribution is -0.120. The average Bonchev–Trinajstić information content (AvgIpc) is 2.39. The molecule has 104 valence electrons. The average molecular weight is 395 g/mol. The maximum atomic E-state index is 11.8. The number of halogens is 2. The Morgan fingerprint density at radius 1 is 1.42 bits per heavy atom. The van der Waals surface area contributed by atoms with E-state index in [1.807, 2.05) is 18.2 Å². The van der Waals surface area contributed by atoms with E-state index in [4.69, 9.17) is 16.3 Å². The van der Waals surface area contributed by atoms with Crippen molar-refractivity contribution in [3.05, 3.63) is 26.8 Å². The van der Waals surface area contributed by atoms with Crippen LogP contribution in [0.4, 0.5) is 5.69 Å². The van der Waals surface area contributed by atoms with Crippen LogP contribution in [0.5, 0.6) is 0 Å². The van der Waals surface area contributed by atoms with Crippen molar-refractivity contribution < 1.29 is 9.53 Å². The topological polar surface area (TPSA) is 50.4 Å². The molecule has 0 bridgehead atoms. The lowest BCUT2D eigenvalue weighted by atomic mass is 10.1. The first-order valence-corrected chi connectivity index (χ1v) is 7.67. The molecule has 0 spiro atoms. The highest BCUT2D eigenvalue weighted by Gasteiger charge is 2.15. The van der Waals surface area contributed by atoms with Gasteiger partial charge >= 0.3 is 0 Å². The molecule has 19 heavy (non-hydrogen) atoms. The minimum Gasteiger partial charge on any atom is -0.381 e. The summed E-state index contributed by atoms with van der Waals surface area (Å²) in [5.74, 6) is -0.0125. The molecule has 1 aliphatic rings. The van der Waals surface area contributed by atoms with Crippen LogP contribution in [0.25, 0.3) is 0 Å². The maximum absolute atomic E-state index is 11.8. The van der Waals surface area contributed by atoms with Crippen LogP contribution in [-0.2, 0) is 9.53 Å². The van der Waals surface area contributed by atoms with Gasteiger partial charge in [0.05, 0.1) is 17.3 Å². The molecule has 1 amide bonds. The fraction of sp³-hybridized carbons (Fsp3) is 0.462. The Balaban J connectivity index is 1.79. The second-order valence-corrected chi connectivity index (χ2v) is 6.08. The molecule has 2 N–H and O–H groups in total. The van der Waals surface area contributed by atoms with Crippen LogP contribution in [0.1, 0.15) is 12.8 Å². The molecule has 1 saturated heterocycles. The van der Waals surface area contributed by atoms with Gasteiger partial charge in [0.2, 0.25) is 5.91 Å². The van der Waals surface area contributed by atoms with Gasteiger partial charge in [-0.1, -0.05) is 11.6 Å². The Morgan fingerprint density at radius 3 is 2.84 bits per heavy atom. The van der Waals surface area contributed by atoms with Crippen molar-refractivity contribution in [3.8, 4) is 0 Å². The van der Waals surface area contributed by atoms with Gasteiger partial charge in [-0.25, -0.2) is 0 Å². The molecule has 0 saturated carbocycles. The Morgan fingerprint density at radius 2 is 2.16 bits per heavy atom. The molecule has 0 unspecified atom stereocenters. The molecule has 2 rings (SSSR count). The van der Waals surface area contributed by atoms with Crippen molar-refractivity contribution in [2.45, 2.75) is 18.9 Å². The number of hydrogen-bond donors (Lipinski definition) is 2. The third-order valence-electron chi connectivity index (χ3n) is 2.96. The number of hydrogen-bond acceptors (Lipinski definition) is 3. The van der Waals surface area contributed by atoms with E-state index in [1.54, 1.807) is 0 Å². The Hall–Kier alpha value is -0.530. The van der Waals surface area contributed by atoms with Crippen molar-refractivity contribution in [1.82, 2.24) is 5.32 Å². The van der Waals surface area contributed by atoms with Crippen LogP contribution in [-0.4, -0.2) is 31.7 Å². The number of nitrogens with one attached hydrogen (secondary N) is 2. The van der Waals surface area contributed by atoms with Crippen molar-refractivity contribution in [2.24, 2.45) is 0 Å². The standard InChI is InChI=1S/C13H16ClIN2O2/c14-11-7-9(15)1-2-12(11)16-8-13(18)17-10-3-5-19-6-4-10/h1-2,7,10,16H,3-6,8H2,(H,17,18). The highest BCUT2D eigenvalue weighted by atomic mass is 127. The van der Waals surface area contributed by atoms with Crippen LogP contribution in [0, 0.1) is 3.57 Å². The number of benzene rings is 1. The molecular formula is C13H16ClIN2O2. The number of carbonyl (C=O) groups is 1. The van der Waals surface area contributed by atoms with E-state index in [1.165, 1.54) is 0 Å². The largest absolute Gasteiger partial charge is 0.381 e. The molecule has 0 radical (unpaired) electrons. The first-order chi connectivity index (χ1) is 9.15. The van der Waals surface area contributed by atoms with Gasteiger partial charge in [-0.3, -0.25) is 4.79 Å². The number of ether oxygens (including phenoxy) is 1. The van der Waals surface area contributed by atoms with Gasteiger partial charge in [-0.2, -0.15) is 0 Å². The van der Waals surface area contributed by atoms with Crippen LogP contribution in [0.3, 0.4) is 0 Å². The highest BCUT2D eigenvalue weighted by molar-refractivity contribution is 14.1. The first kappa shape index (κ1) is 14.9. The number of amides is 1. The first-order valence-electron chi connectivity index (χ1n) is 6.21. The molecule has 1 aliphatic heterocycles. The van der Waals surface area contributed by atoms with E-state index < -0.39 is 0 Å². The number of anilines is 1. The van der Waals surface area contributed by atoms with Gasteiger partial charge in [0, 0.05) is 22.8 Å². The summed E-state index contributed by atoms with van der Waals surface area (Å²) in [6.45, 7) is 1.68. The molecule has 1 fully saturated rings. The van der Waals surface area contributed by atoms with E-state index in [-0.39, 0.29) is 18.5 Å². The summed E-state index contributed by atoms with van der Waals surface area (Å²) in [6.07, 6.45) is 1.77. The summed E-state index contributed by atoms with van der Waals surface area (Å²) in [6, 6.07) is 5.92. The van der Waals surface area contributed by atoms with Crippen molar-refractivity contribution in [3.63, 3.8) is 0 Å². The van der Waals surface area contributed by atoms with Gasteiger partial charge in [-0.15, -0.1) is 0 Å². The van der Waals surface area contributed by atoms with Crippen LogP contribution < -0.4 is 10.6 Å². The Labute approximate surface area is 131 Å². The smallest absolute Gasteiger partial charge is 0.239 e. The zero-order valence-electron chi connectivity index (χ0n) is 10.4. The van der Waals surface area contributed by atoms with Crippen LogP contribution in [0.15, 0.2) is 18.2 Å². The van der Waals surface area contributed by atoms with Crippen molar-refractivity contribution in [2.75, 3.05) is 25.1 Å². The summed E-state index contributed by atoms with van der Waals surface area (Å²) >= 11 is 8.29. The number of rotatable bonds is 4. The van der Waals surface area contributed by atoms with Crippen molar-refractivity contribution in [1.29, 1.82) is 0 Å². The second kappa shape index (κ2) is 7.31. The second-order valence-electron chi connectivity index (χ2n) is 4.43. The molecule has 0 atom stereocenters. The van der Waals surface area contributed by atoms with Crippen molar-refractivity contribution >= 4 is 45.8 Å². The summed E-state index contributed by atoms with van der Waals surface area (Å²) < 4.78 is 6.32. The fourth-order valence-electron chi connectivity index (χ4n) is 1.93. The summed E-state index contributed by atoms with van der Waals surface area (Å²) in [5.41, 5.74) is 0.782. The molecule has 1 aromatic rings. The quantitative estimate of drug-likeness (QED) is 0.772. The molecule has 6 heteroatoms. The highest BCUT2D eigenvalue weighted by Crippen LogP contribution is 2.23. The minimum atomic E-state index is -0.0125. The molecule has 1 aromatic carbocycles. The van der Waals surface area contributed by atoms with E-state index in [2.05, 4.69) is 33.2 Å². The Bertz CT molecular complexity index is 450. The fourth-order valence-corrected chi connectivity index (χ4v) is 2.85. The minimum absolute atomic E-state index is 0.0125. The van der Waals surface area contributed by atoms with E-state index >= 15 is 0 Å².